The number of methoxy groups -OCH3 is 1. The number of aryl methyl sites for hydroxylation is 2. The molecule has 0 radical (unpaired) electrons. The van der Waals surface area contributed by atoms with Crippen LogP contribution in [0.4, 0.5) is 0 Å². The lowest BCUT2D eigenvalue weighted by Crippen LogP contribution is -2.55. The molecule has 0 aliphatic rings. The number of amides is 1. The third kappa shape index (κ3) is 4.86. The predicted molar refractivity (Wildman–Crippen MR) is 117 cm³/mol. The van der Waals surface area contributed by atoms with Crippen LogP contribution in [0.15, 0.2) is 43.0 Å². The van der Waals surface area contributed by atoms with Crippen LogP contribution in [0, 0.1) is 13.8 Å². The van der Waals surface area contributed by atoms with E-state index in [1.165, 1.54) is 5.01 Å². The molecule has 29 heavy (non-hydrogen) atoms. The molecule has 2 aromatic rings. The molecule has 0 unspecified atom stereocenters. The number of hydrazine groups is 1. The molecule has 5 heteroatoms. The Kier molecular flexibility index (Phi) is 6.85. The van der Waals surface area contributed by atoms with Crippen molar-refractivity contribution < 1.29 is 14.3 Å². The molecule has 1 amide bonds. The van der Waals surface area contributed by atoms with Gasteiger partial charge in [0, 0.05) is 16.7 Å². The van der Waals surface area contributed by atoms with Crippen LogP contribution in [0.1, 0.15) is 53.4 Å². The van der Waals surface area contributed by atoms with E-state index in [-0.39, 0.29) is 5.91 Å². The predicted octanol–water partition coefficient (Wildman–Crippen LogP) is 4.47. The van der Waals surface area contributed by atoms with E-state index in [1.807, 2.05) is 57.2 Å². The SMILES string of the molecule is C=C(NN(C(=O)c1cc(C)cc(C)c1)C(C)(C)C=O)c1cccc(OC)c1CC. The molecule has 0 heterocycles. The van der Waals surface area contributed by atoms with Crippen LogP contribution in [0.2, 0.25) is 0 Å². The number of nitrogens with zero attached hydrogens (tertiary/aromatic N) is 1. The summed E-state index contributed by atoms with van der Waals surface area (Å²) in [4.78, 5) is 25.1. The second-order valence-electron chi connectivity index (χ2n) is 7.72. The molecule has 0 fully saturated rings. The largest absolute Gasteiger partial charge is 0.496 e. The van der Waals surface area contributed by atoms with Gasteiger partial charge in [0.05, 0.1) is 12.8 Å². The van der Waals surface area contributed by atoms with Crippen molar-refractivity contribution in [3.63, 3.8) is 0 Å². The topological polar surface area (TPSA) is 58.6 Å². The highest BCUT2D eigenvalue weighted by Crippen LogP contribution is 2.27. The van der Waals surface area contributed by atoms with Crippen molar-refractivity contribution in [2.75, 3.05) is 7.11 Å². The van der Waals surface area contributed by atoms with Crippen LogP contribution in [0.3, 0.4) is 0 Å². The quantitative estimate of drug-likeness (QED) is 0.530. The van der Waals surface area contributed by atoms with Gasteiger partial charge in [0.1, 0.15) is 17.6 Å². The summed E-state index contributed by atoms with van der Waals surface area (Å²) < 4.78 is 5.46. The number of ether oxygens (including phenoxy) is 1. The Morgan fingerprint density at radius 2 is 1.83 bits per heavy atom. The number of hydrogen-bond acceptors (Lipinski definition) is 4. The molecule has 0 saturated carbocycles. The molecule has 0 aromatic heterocycles. The first kappa shape index (κ1) is 22.2. The number of carbonyl (C=O) groups is 2. The van der Waals surface area contributed by atoms with Crippen LogP contribution in [-0.4, -0.2) is 29.9 Å². The maximum absolute atomic E-state index is 13.3. The van der Waals surface area contributed by atoms with E-state index in [2.05, 4.69) is 12.0 Å². The lowest BCUT2D eigenvalue weighted by atomic mass is 10.0. The Hall–Kier alpha value is -3.08. The van der Waals surface area contributed by atoms with Gasteiger partial charge in [0.2, 0.25) is 0 Å². The van der Waals surface area contributed by atoms with Gasteiger partial charge in [-0.1, -0.05) is 42.8 Å². The normalized spacial score (nSPS) is 11.0. The molecule has 0 atom stereocenters. The summed E-state index contributed by atoms with van der Waals surface area (Å²) in [6.45, 7) is 13.4. The zero-order chi connectivity index (χ0) is 21.8. The standard InChI is InChI=1S/C24H30N2O3/c1-8-20-21(10-9-11-22(20)29-7)18(4)25-26(24(5,6)15-27)23(28)19-13-16(2)12-17(3)14-19/h9-15,25H,4,8H2,1-3,5-7H3. The smallest absolute Gasteiger partial charge is 0.273 e. The van der Waals surface area contributed by atoms with Crippen molar-refractivity contribution in [1.82, 2.24) is 10.4 Å². The lowest BCUT2D eigenvalue weighted by Gasteiger charge is -2.36. The van der Waals surface area contributed by atoms with E-state index in [0.29, 0.717) is 11.3 Å². The molecular weight excluding hydrogens is 364 g/mol. The molecule has 2 aromatic carbocycles. The first-order valence-electron chi connectivity index (χ1n) is 9.65. The summed E-state index contributed by atoms with van der Waals surface area (Å²) in [7, 11) is 1.62. The van der Waals surface area contributed by atoms with Crippen molar-refractivity contribution in [3.05, 3.63) is 70.8 Å². The molecule has 154 valence electrons. The Balaban J connectivity index is 2.46. The Morgan fingerprint density at radius 1 is 1.21 bits per heavy atom. The van der Waals surface area contributed by atoms with Gasteiger partial charge >= 0.3 is 0 Å². The Morgan fingerprint density at radius 3 is 2.34 bits per heavy atom. The molecule has 0 saturated heterocycles. The van der Waals surface area contributed by atoms with E-state index in [4.69, 9.17) is 4.74 Å². The highest BCUT2D eigenvalue weighted by molar-refractivity contribution is 5.97. The first-order chi connectivity index (χ1) is 13.6. The minimum absolute atomic E-state index is 0.295. The minimum atomic E-state index is -1.08. The number of carbonyl (C=O) groups excluding carboxylic acids is 2. The molecule has 0 aliphatic heterocycles. The monoisotopic (exact) mass is 394 g/mol. The average Bonchev–Trinajstić information content (AvgIpc) is 2.69. The number of aldehydes is 1. The summed E-state index contributed by atoms with van der Waals surface area (Å²) in [5.41, 5.74) is 6.83. The Bertz CT molecular complexity index is 911. The highest BCUT2D eigenvalue weighted by atomic mass is 16.5. The fourth-order valence-corrected chi connectivity index (χ4v) is 3.34. The summed E-state index contributed by atoms with van der Waals surface area (Å²) in [6.07, 6.45) is 1.49. The molecule has 5 nitrogen and oxygen atoms in total. The van der Waals surface area contributed by atoms with Crippen molar-refractivity contribution >= 4 is 17.9 Å². The van der Waals surface area contributed by atoms with Gasteiger partial charge < -0.3 is 9.53 Å². The van der Waals surface area contributed by atoms with Crippen LogP contribution in [-0.2, 0) is 11.2 Å². The lowest BCUT2D eigenvalue weighted by molar-refractivity contribution is -0.116. The fourth-order valence-electron chi connectivity index (χ4n) is 3.34. The zero-order valence-electron chi connectivity index (χ0n) is 18.1. The first-order valence-corrected chi connectivity index (χ1v) is 9.65. The van der Waals surface area contributed by atoms with E-state index >= 15 is 0 Å². The van der Waals surface area contributed by atoms with Crippen molar-refractivity contribution in [1.29, 1.82) is 0 Å². The van der Waals surface area contributed by atoms with Gasteiger partial charge in [0.25, 0.3) is 5.91 Å². The summed E-state index contributed by atoms with van der Waals surface area (Å²) in [6, 6.07) is 11.3. The maximum Gasteiger partial charge on any atom is 0.273 e. The third-order valence-corrected chi connectivity index (χ3v) is 4.81. The van der Waals surface area contributed by atoms with E-state index in [9.17, 15) is 9.59 Å². The van der Waals surface area contributed by atoms with Crippen LogP contribution >= 0.6 is 0 Å². The van der Waals surface area contributed by atoms with Crippen LogP contribution < -0.4 is 10.2 Å². The summed E-state index contributed by atoms with van der Waals surface area (Å²) in [5.74, 6) is 0.464. The number of nitrogens with one attached hydrogen (secondary N) is 1. The summed E-state index contributed by atoms with van der Waals surface area (Å²) >= 11 is 0. The van der Waals surface area contributed by atoms with E-state index in [0.717, 1.165) is 40.7 Å². The number of hydrogen-bond donors (Lipinski definition) is 1. The van der Waals surface area contributed by atoms with Crippen molar-refractivity contribution in [2.45, 2.75) is 46.6 Å². The molecule has 0 aliphatic carbocycles. The van der Waals surface area contributed by atoms with Gasteiger partial charge in [-0.25, -0.2) is 5.01 Å². The molecule has 0 bridgehead atoms. The van der Waals surface area contributed by atoms with Crippen molar-refractivity contribution in [2.24, 2.45) is 0 Å². The van der Waals surface area contributed by atoms with Crippen molar-refractivity contribution in [3.8, 4) is 5.75 Å². The van der Waals surface area contributed by atoms with E-state index < -0.39 is 5.54 Å². The van der Waals surface area contributed by atoms with Crippen LogP contribution in [0.5, 0.6) is 5.75 Å². The van der Waals surface area contributed by atoms with Gasteiger partial charge in [-0.2, -0.15) is 0 Å². The van der Waals surface area contributed by atoms with E-state index in [1.54, 1.807) is 21.0 Å². The minimum Gasteiger partial charge on any atom is -0.496 e. The second kappa shape index (κ2) is 8.95. The highest BCUT2D eigenvalue weighted by Gasteiger charge is 2.32. The summed E-state index contributed by atoms with van der Waals surface area (Å²) in [5, 5.41) is 1.34. The molecule has 1 N–H and O–H groups in total. The number of benzene rings is 2. The Labute approximate surface area is 173 Å². The van der Waals surface area contributed by atoms with Crippen LogP contribution in [0.25, 0.3) is 5.70 Å². The average molecular weight is 395 g/mol. The molecular formula is C24H30N2O3. The maximum atomic E-state index is 13.3. The van der Waals surface area contributed by atoms with Gasteiger partial charge in [-0.3, -0.25) is 10.2 Å². The molecule has 2 rings (SSSR count). The molecule has 0 spiro atoms. The van der Waals surface area contributed by atoms with Gasteiger partial charge in [-0.15, -0.1) is 0 Å². The number of rotatable bonds is 8. The van der Waals surface area contributed by atoms with Gasteiger partial charge in [0.15, 0.2) is 0 Å². The fraction of sp³-hybridized carbons (Fsp3) is 0.333. The zero-order valence-corrected chi connectivity index (χ0v) is 18.1. The van der Waals surface area contributed by atoms with Gasteiger partial charge in [-0.05, 0) is 52.3 Å². The third-order valence-electron chi connectivity index (χ3n) is 4.81. The second-order valence-corrected chi connectivity index (χ2v) is 7.72.